The van der Waals surface area contributed by atoms with E-state index in [0.29, 0.717) is 19.8 Å². The lowest BCUT2D eigenvalue weighted by Crippen LogP contribution is -2.07. The highest BCUT2D eigenvalue weighted by molar-refractivity contribution is 4.30. The van der Waals surface area contributed by atoms with Crippen LogP contribution in [0.25, 0.3) is 0 Å². The molecule has 14 heavy (non-hydrogen) atoms. The highest BCUT2D eigenvalue weighted by Gasteiger charge is 1.86. The summed E-state index contributed by atoms with van der Waals surface area (Å²) in [6, 6.07) is 0. The number of aliphatic hydroxyl groups is 1. The Balaban J connectivity index is 0. The van der Waals surface area contributed by atoms with Crippen LogP contribution in [0.5, 0.6) is 0 Å². The average molecular weight is 206 g/mol. The van der Waals surface area contributed by atoms with E-state index in [2.05, 4.69) is 20.8 Å². The molecule has 0 aromatic rings. The first kappa shape index (κ1) is 16.3. The van der Waals surface area contributed by atoms with Crippen LogP contribution in [0.3, 0.4) is 0 Å². The van der Waals surface area contributed by atoms with Crippen molar-refractivity contribution in [3.8, 4) is 0 Å². The summed E-state index contributed by atoms with van der Waals surface area (Å²) in [5, 5.41) is 8.30. The molecule has 0 spiro atoms. The SMILES string of the molecule is CCCC.CCCOCCOCCO. The molecule has 0 aliphatic heterocycles. The van der Waals surface area contributed by atoms with Crippen LogP contribution in [0.1, 0.15) is 40.0 Å². The molecule has 0 heterocycles. The maximum absolute atomic E-state index is 8.30. The smallest absolute Gasteiger partial charge is 0.0701 e. The number of hydrogen-bond acceptors (Lipinski definition) is 3. The third kappa shape index (κ3) is 22.6. The first-order valence-corrected chi connectivity index (χ1v) is 5.59. The molecule has 0 saturated heterocycles. The third-order valence-electron chi connectivity index (χ3n) is 1.46. The minimum Gasteiger partial charge on any atom is -0.394 e. The molecule has 3 heteroatoms. The molecule has 0 rings (SSSR count). The zero-order chi connectivity index (χ0) is 11.1. The fourth-order valence-corrected chi connectivity index (χ4v) is 0.531. The molecule has 0 aromatic carbocycles. The van der Waals surface area contributed by atoms with E-state index >= 15 is 0 Å². The van der Waals surface area contributed by atoms with Crippen molar-refractivity contribution in [1.82, 2.24) is 0 Å². The number of unbranched alkanes of at least 4 members (excludes halogenated alkanes) is 1. The van der Waals surface area contributed by atoms with Gasteiger partial charge in [0.2, 0.25) is 0 Å². The van der Waals surface area contributed by atoms with E-state index in [4.69, 9.17) is 14.6 Å². The Kier molecular flexibility index (Phi) is 21.7. The molecule has 0 amide bonds. The van der Waals surface area contributed by atoms with Crippen molar-refractivity contribution in [2.45, 2.75) is 40.0 Å². The summed E-state index contributed by atoms with van der Waals surface area (Å²) < 4.78 is 10.1. The fourth-order valence-electron chi connectivity index (χ4n) is 0.531. The highest BCUT2D eigenvalue weighted by Crippen LogP contribution is 1.80. The second-order valence-corrected chi connectivity index (χ2v) is 2.95. The number of hydrogen-bond donors (Lipinski definition) is 1. The van der Waals surface area contributed by atoms with Crippen LogP contribution in [0, 0.1) is 0 Å². The minimum absolute atomic E-state index is 0.0910. The molecule has 3 nitrogen and oxygen atoms in total. The van der Waals surface area contributed by atoms with Crippen molar-refractivity contribution in [2.75, 3.05) is 33.0 Å². The number of ether oxygens (including phenoxy) is 2. The van der Waals surface area contributed by atoms with Crippen LogP contribution >= 0.6 is 0 Å². The van der Waals surface area contributed by atoms with Gasteiger partial charge in [0.05, 0.1) is 26.4 Å². The van der Waals surface area contributed by atoms with Crippen LogP contribution in [0.2, 0.25) is 0 Å². The summed E-state index contributed by atoms with van der Waals surface area (Å²) in [4.78, 5) is 0. The Hall–Kier alpha value is -0.120. The van der Waals surface area contributed by atoms with Crippen molar-refractivity contribution in [3.05, 3.63) is 0 Å². The normalized spacial score (nSPS) is 9.43. The standard InChI is InChI=1S/C7H16O3.C4H10/c1-2-4-9-6-7-10-5-3-8;1-3-4-2/h8H,2-7H2,1H3;3-4H2,1-2H3. The minimum atomic E-state index is 0.0910. The molecule has 0 aliphatic rings. The van der Waals surface area contributed by atoms with Crippen LogP contribution in [0.4, 0.5) is 0 Å². The van der Waals surface area contributed by atoms with E-state index in [9.17, 15) is 0 Å². The lowest BCUT2D eigenvalue weighted by atomic mass is 10.4. The van der Waals surface area contributed by atoms with Crippen LogP contribution in [0.15, 0.2) is 0 Å². The third-order valence-corrected chi connectivity index (χ3v) is 1.46. The van der Waals surface area contributed by atoms with Gasteiger partial charge in [0, 0.05) is 6.61 Å². The second kappa shape index (κ2) is 18.6. The molecule has 0 bridgehead atoms. The number of rotatable bonds is 8. The predicted octanol–water partition coefficient (Wildman–Crippen LogP) is 2.23. The Morgan fingerprint density at radius 2 is 1.21 bits per heavy atom. The molecular formula is C11H26O3. The van der Waals surface area contributed by atoms with E-state index in [1.54, 1.807) is 0 Å². The van der Waals surface area contributed by atoms with Crippen molar-refractivity contribution >= 4 is 0 Å². The van der Waals surface area contributed by atoms with Crippen molar-refractivity contribution < 1.29 is 14.6 Å². The Bertz CT molecular complexity index is 66.9. The molecule has 0 atom stereocenters. The quantitative estimate of drug-likeness (QED) is 0.619. The number of aliphatic hydroxyl groups excluding tert-OH is 1. The lowest BCUT2D eigenvalue weighted by molar-refractivity contribution is 0.0333. The van der Waals surface area contributed by atoms with Gasteiger partial charge in [0.25, 0.3) is 0 Å². The maximum atomic E-state index is 8.30. The summed E-state index contributed by atoms with van der Waals surface area (Å²) in [5.41, 5.74) is 0. The summed E-state index contributed by atoms with van der Waals surface area (Å²) >= 11 is 0. The molecule has 0 unspecified atom stereocenters. The van der Waals surface area contributed by atoms with Crippen molar-refractivity contribution in [3.63, 3.8) is 0 Å². The highest BCUT2D eigenvalue weighted by atomic mass is 16.5. The largest absolute Gasteiger partial charge is 0.394 e. The summed E-state index contributed by atoms with van der Waals surface area (Å²) in [5.74, 6) is 0. The predicted molar refractivity (Wildman–Crippen MR) is 59.6 cm³/mol. The molecule has 1 N–H and O–H groups in total. The Morgan fingerprint density at radius 3 is 1.57 bits per heavy atom. The van der Waals surface area contributed by atoms with Gasteiger partial charge in [-0.3, -0.25) is 0 Å². The van der Waals surface area contributed by atoms with E-state index in [-0.39, 0.29) is 6.61 Å². The van der Waals surface area contributed by atoms with E-state index < -0.39 is 0 Å². The van der Waals surface area contributed by atoms with Gasteiger partial charge in [-0.05, 0) is 6.42 Å². The molecular weight excluding hydrogens is 180 g/mol. The van der Waals surface area contributed by atoms with Gasteiger partial charge in [-0.1, -0.05) is 33.6 Å². The molecule has 0 aliphatic carbocycles. The van der Waals surface area contributed by atoms with Crippen LogP contribution in [-0.4, -0.2) is 38.1 Å². The first-order valence-electron chi connectivity index (χ1n) is 5.59. The summed E-state index contributed by atoms with van der Waals surface area (Å²) in [7, 11) is 0. The van der Waals surface area contributed by atoms with Gasteiger partial charge in [0.1, 0.15) is 0 Å². The Morgan fingerprint density at radius 1 is 0.714 bits per heavy atom. The van der Waals surface area contributed by atoms with Crippen LogP contribution in [-0.2, 0) is 9.47 Å². The van der Waals surface area contributed by atoms with Gasteiger partial charge in [-0.2, -0.15) is 0 Å². The van der Waals surface area contributed by atoms with Gasteiger partial charge >= 0.3 is 0 Å². The average Bonchev–Trinajstić information content (AvgIpc) is 2.24. The molecule has 0 aromatic heterocycles. The summed E-state index contributed by atoms with van der Waals surface area (Å²) in [6.45, 7) is 8.94. The van der Waals surface area contributed by atoms with E-state index in [0.717, 1.165) is 13.0 Å². The molecule has 0 saturated carbocycles. The first-order chi connectivity index (χ1) is 6.83. The topological polar surface area (TPSA) is 38.7 Å². The van der Waals surface area contributed by atoms with Crippen molar-refractivity contribution in [2.24, 2.45) is 0 Å². The van der Waals surface area contributed by atoms with Gasteiger partial charge in [0.15, 0.2) is 0 Å². The van der Waals surface area contributed by atoms with Gasteiger partial charge in [-0.25, -0.2) is 0 Å². The van der Waals surface area contributed by atoms with E-state index in [1.165, 1.54) is 12.8 Å². The second-order valence-electron chi connectivity index (χ2n) is 2.95. The van der Waals surface area contributed by atoms with Gasteiger partial charge in [-0.15, -0.1) is 0 Å². The fraction of sp³-hybridized carbons (Fsp3) is 1.00. The zero-order valence-electron chi connectivity index (χ0n) is 9.92. The molecule has 0 fully saturated rings. The van der Waals surface area contributed by atoms with Crippen molar-refractivity contribution in [1.29, 1.82) is 0 Å². The monoisotopic (exact) mass is 206 g/mol. The summed E-state index contributed by atoms with van der Waals surface area (Å²) in [6.07, 6.45) is 3.68. The van der Waals surface area contributed by atoms with Gasteiger partial charge < -0.3 is 14.6 Å². The lowest BCUT2D eigenvalue weighted by Gasteiger charge is -2.02. The van der Waals surface area contributed by atoms with E-state index in [1.807, 2.05) is 0 Å². The zero-order valence-corrected chi connectivity index (χ0v) is 9.92. The Labute approximate surface area is 88.4 Å². The maximum Gasteiger partial charge on any atom is 0.0701 e. The molecule has 88 valence electrons. The molecule has 0 radical (unpaired) electrons. The van der Waals surface area contributed by atoms with Crippen LogP contribution < -0.4 is 0 Å².